The van der Waals surface area contributed by atoms with Crippen molar-refractivity contribution in [2.24, 2.45) is 5.92 Å². The van der Waals surface area contributed by atoms with Crippen molar-refractivity contribution in [2.75, 3.05) is 20.3 Å². The van der Waals surface area contributed by atoms with E-state index >= 15 is 0 Å². The number of hydrogen-bond donors (Lipinski definition) is 1. The molecule has 1 amide bonds. The van der Waals surface area contributed by atoms with Crippen LogP contribution < -0.4 is 10.1 Å². The minimum atomic E-state index is -0.415. The quantitative estimate of drug-likeness (QED) is 0.768. The second-order valence-electron chi connectivity index (χ2n) is 7.84. The summed E-state index contributed by atoms with van der Waals surface area (Å²) >= 11 is 0. The second-order valence-corrected chi connectivity index (χ2v) is 7.84. The molecule has 150 valence electrons. The molecule has 1 fully saturated rings. The number of aromatic nitrogens is 3. The van der Waals surface area contributed by atoms with Crippen LogP contribution in [0.1, 0.15) is 49.7 Å². The molecule has 0 saturated carbocycles. The van der Waals surface area contributed by atoms with Crippen molar-refractivity contribution in [3.05, 3.63) is 41.2 Å². The van der Waals surface area contributed by atoms with E-state index in [1.807, 2.05) is 42.8 Å². The first kappa shape index (κ1) is 18.7. The van der Waals surface area contributed by atoms with Crippen molar-refractivity contribution in [1.82, 2.24) is 20.3 Å². The molecule has 8 nitrogen and oxygen atoms in total. The van der Waals surface area contributed by atoms with E-state index in [4.69, 9.17) is 14.2 Å². The molecule has 2 aliphatic rings. The van der Waals surface area contributed by atoms with E-state index in [9.17, 15) is 4.79 Å². The Bertz CT molecular complexity index is 842. The third-order valence-corrected chi connectivity index (χ3v) is 5.18. The van der Waals surface area contributed by atoms with E-state index in [1.165, 1.54) is 0 Å². The predicted molar refractivity (Wildman–Crippen MR) is 101 cm³/mol. The van der Waals surface area contributed by atoms with Gasteiger partial charge in [0.05, 0.1) is 38.6 Å². The lowest BCUT2D eigenvalue weighted by Crippen LogP contribution is -2.35. The standard InChI is InChI=1S/C20H26N4O4/c1-13(2)11-27-19(25)21-16-8-9-20(12-28-20)18-17(16)22-23-24(18)10-14-4-6-15(26-3)7-5-14/h4-7,13,16H,8-12H2,1-3H3,(H,21,25). The van der Waals surface area contributed by atoms with Crippen LogP contribution in [0.15, 0.2) is 24.3 Å². The summed E-state index contributed by atoms with van der Waals surface area (Å²) in [5, 5.41) is 11.7. The number of rotatable bonds is 6. The summed E-state index contributed by atoms with van der Waals surface area (Å²) in [5.74, 6) is 1.11. The summed E-state index contributed by atoms with van der Waals surface area (Å²) in [6.07, 6.45) is 1.16. The first-order chi connectivity index (χ1) is 13.5. The Morgan fingerprint density at radius 2 is 2.14 bits per heavy atom. The topological polar surface area (TPSA) is 90.8 Å². The summed E-state index contributed by atoms with van der Waals surface area (Å²) < 4.78 is 18.2. The number of nitrogens with one attached hydrogen (secondary N) is 1. The molecular formula is C20H26N4O4. The van der Waals surface area contributed by atoms with E-state index < -0.39 is 6.09 Å². The van der Waals surface area contributed by atoms with Gasteiger partial charge in [-0.05, 0) is 36.5 Å². The molecule has 1 saturated heterocycles. The molecule has 1 aliphatic carbocycles. The van der Waals surface area contributed by atoms with Crippen molar-refractivity contribution in [1.29, 1.82) is 0 Å². The first-order valence-electron chi connectivity index (χ1n) is 9.65. The molecule has 0 bridgehead atoms. The summed E-state index contributed by atoms with van der Waals surface area (Å²) in [7, 11) is 1.65. The molecule has 4 rings (SSSR count). The third kappa shape index (κ3) is 3.69. The van der Waals surface area contributed by atoms with Gasteiger partial charge < -0.3 is 19.5 Å². The van der Waals surface area contributed by atoms with Crippen molar-refractivity contribution in [3.63, 3.8) is 0 Å². The zero-order valence-electron chi connectivity index (χ0n) is 16.5. The maximum absolute atomic E-state index is 12.1. The molecule has 1 aromatic heterocycles. The van der Waals surface area contributed by atoms with Crippen LogP contribution in [0.25, 0.3) is 0 Å². The molecular weight excluding hydrogens is 360 g/mol. The molecule has 1 N–H and O–H groups in total. The van der Waals surface area contributed by atoms with Gasteiger partial charge in [0.2, 0.25) is 0 Å². The number of ether oxygens (including phenoxy) is 3. The van der Waals surface area contributed by atoms with E-state index in [1.54, 1.807) is 7.11 Å². The molecule has 2 atom stereocenters. The highest BCUT2D eigenvalue weighted by molar-refractivity contribution is 5.68. The Labute approximate surface area is 164 Å². The Balaban J connectivity index is 1.53. The number of hydrogen-bond acceptors (Lipinski definition) is 6. The molecule has 2 unspecified atom stereocenters. The fourth-order valence-electron chi connectivity index (χ4n) is 3.61. The van der Waals surface area contributed by atoms with Crippen molar-refractivity contribution < 1.29 is 19.0 Å². The van der Waals surface area contributed by atoms with Gasteiger partial charge in [-0.15, -0.1) is 5.10 Å². The van der Waals surface area contributed by atoms with Crippen molar-refractivity contribution >= 4 is 6.09 Å². The Morgan fingerprint density at radius 1 is 1.39 bits per heavy atom. The van der Waals surface area contributed by atoms with Gasteiger partial charge in [-0.25, -0.2) is 9.48 Å². The van der Waals surface area contributed by atoms with Crippen molar-refractivity contribution in [2.45, 2.75) is 44.9 Å². The zero-order valence-corrected chi connectivity index (χ0v) is 16.5. The summed E-state index contributed by atoms with van der Waals surface area (Å²) in [6, 6.07) is 7.66. The van der Waals surface area contributed by atoms with Crippen LogP contribution in [0.3, 0.4) is 0 Å². The highest BCUT2D eigenvalue weighted by atomic mass is 16.6. The highest BCUT2D eigenvalue weighted by Gasteiger charge is 2.54. The SMILES string of the molecule is COc1ccc(Cn2nnc3c2C2(CCC3NC(=O)OCC(C)C)CO2)cc1. The highest BCUT2D eigenvalue weighted by Crippen LogP contribution is 2.50. The fourth-order valence-corrected chi connectivity index (χ4v) is 3.61. The summed E-state index contributed by atoms with van der Waals surface area (Å²) in [5.41, 5.74) is 2.52. The smallest absolute Gasteiger partial charge is 0.407 e. The molecule has 2 aromatic rings. The monoisotopic (exact) mass is 386 g/mol. The van der Waals surface area contributed by atoms with Crippen LogP contribution in [-0.4, -0.2) is 41.4 Å². The number of carbonyl (C=O) groups is 1. The van der Waals surface area contributed by atoms with Gasteiger partial charge >= 0.3 is 6.09 Å². The lowest BCUT2D eigenvalue weighted by atomic mass is 9.86. The number of methoxy groups -OCH3 is 1. The van der Waals surface area contributed by atoms with Crippen LogP contribution in [0, 0.1) is 5.92 Å². The maximum atomic E-state index is 12.1. The number of amides is 1. The van der Waals surface area contributed by atoms with Gasteiger partial charge in [0.15, 0.2) is 0 Å². The normalized spacial score (nSPS) is 22.8. The number of fused-ring (bicyclic) bond motifs is 2. The third-order valence-electron chi connectivity index (χ3n) is 5.18. The molecule has 2 heterocycles. The minimum absolute atomic E-state index is 0.214. The van der Waals surface area contributed by atoms with Gasteiger partial charge in [0, 0.05) is 0 Å². The molecule has 0 radical (unpaired) electrons. The van der Waals surface area contributed by atoms with Gasteiger partial charge in [0.25, 0.3) is 0 Å². The van der Waals surface area contributed by atoms with E-state index in [2.05, 4.69) is 15.6 Å². The van der Waals surface area contributed by atoms with Crippen LogP contribution >= 0.6 is 0 Å². The van der Waals surface area contributed by atoms with Gasteiger partial charge in [0.1, 0.15) is 17.0 Å². The number of carbonyl (C=O) groups excluding carboxylic acids is 1. The maximum Gasteiger partial charge on any atom is 0.407 e. The summed E-state index contributed by atoms with van der Waals surface area (Å²) in [6.45, 7) is 5.65. The average Bonchev–Trinajstić information content (AvgIpc) is 3.33. The molecule has 1 aromatic carbocycles. The largest absolute Gasteiger partial charge is 0.497 e. The fraction of sp³-hybridized carbons (Fsp3) is 0.550. The Hall–Kier alpha value is -2.61. The summed E-state index contributed by atoms with van der Waals surface area (Å²) in [4.78, 5) is 12.1. The van der Waals surface area contributed by atoms with Crippen LogP contribution in [0.4, 0.5) is 4.79 Å². The molecule has 1 spiro atoms. The van der Waals surface area contributed by atoms with Gasteiger partial charge in [-0.2, -0.15) is 0 Å². The van der Waals surface area contributed by atoms with Crippen molar-refractivity contribution in [3.8, 4) is 5.75 Å². The van der Waals surface area contributed by atoms with Crippen LogP contribution in [0.2, 0.25) is 0 Å². The lowest BCUT2D eigenvalue weighted by Gasteiger charge is -2.27. The Kier molecular flexibility index (Phi) is 4.97. The Morgan fingerprint density at radius 3 is 2.79 bits per heavy atom. The first-order valence-corrected chi connectivity index (χ1v) is 9.65. The number of nitrogens with zero attached hydrogens (tertiary/aromatic N) is 3. The lowest BCUT2D eigenvalue weighted by molar-refractivity contribution is 0.126. The van der Waals surface area contributed by atoms with E-state index in [0.717, 1.165) is 35.5 Å². The minimum Gasteiger partial charge on any atom is -0.497 e. The number of alkyl carbamates (subject to hydrolysis) is 1. The van der Waals surface area contributed by atoms with E-state index in [0.29, 0.717) is 25.7 Å². The van der Waals surface area contributed by atoms with Crippen LogP contribution in [-0.2, 0) is 21.6 Å². The van der Waals surface area contributed by atoms with Gasteiger partial charge in [-0.3, -0.25) is 0 Å². The zero-order chi connectivity index (χ0) is 19.7. The second kappa shape index (κ2) is 7.43. The van der Waals surface area contributed by atoms with Crippen LogP contribution in [0.5, 0.6) is 5.75 Å². The number of benzene rings is 1. The average molecular weight is 386 g/mol. The van der Waals surface area contributed by atoms with E-state index in [-0.39, 0.29) is 11.6 Å². The molecule has 1 aliphatic heterocycles. The number of epoxide rings is 1. The molecule has 8 heteroatoms. The molecule has 28 heavy (non-hydrogen) atoms. The van der Waals surface area contributed by atoms with Gasteiger partial charge in [-0.1, -0.05) is 31.2 Å². The predicted octanol–water partition coefficient (Wildman–Crippen LogP) is 2.78.